The Hall–Kier alpha value is -3.48. The average Bonchev–Trinajstić information content (AvgIpc) is 3.59. The molecule has 1 aliphatic carbocycles. The van der Waals surface area contributed by atoms with Gasteiger partial charge in [-0.1, -0.05) is 18.2 Å². The van der Waals surface area contributed by atoms with Crippen LogP contribution in [0.2, 0.25) is 0 Å². The van der Waals surface area contributed by atoms with Gasteiger partial charge < -0.3 is 24.5 Å². The Morgan fingerprint density at radius 2 is 2.03 bits per heavy atom. The number of nitrogens with one attached hydrogen (secondary N) is 2. The first-order valence-corrected chi connectivity index (χ1v) is 11.4. The summed E-state index contributed by atoms with van der Waals surface area (Å²) in [6.45, 7) is 2.33. The van der Waals surface area contributed by atoms with Crippen molar-refractivity contribution in [2.24, 2.45) is 5.92 Å². The molecule has 1 saturated heterocycles. The van der Waals surface area contributed by atoms with E-state index in [2.05, 4.69) is 28.5 Å². The highest BCUT2D eigenvalue weighted by Gasteiger charge is 2.40. The average molecular weight is 431 g/mol. The van der Waals surface area contributed by atoms with Crippen LogP contribution >= 0.6 is 0 Å². The molecular formula is C25H26N4O3. The molecule has 2 aliphatic heterocycles. The van der Waals surface area contributed by atoms with Crippen LogP contribution in [0.1, 0.15) is 29.7 Å². The monoisotopic (exact) mass is 430 g/mol. The molecule has 2 aromatic heterocycles. The summed E-state index contributed by atoms with van der Waals surface area (Å²) >= 11 is 0. The van der Waals surface area contributed by atoms with Gasteiger partial charge in [-0.2, -0.15) is 0 Å². The molecule has 3 aromatic rings. The van der Waals surface area contributed by atoms with Crippen molar-refractivity contribution in [2.75, 3.05) is 19.6 Å². The van der Waals surface area contributed by atoms with Gasteiger partial charge in [0.05, 0.1) is 24.8 Å². The fraction of sp³-hybridized carbons (Fsp3) is 0.360. The minimum atomic E-state index is -0.329. The third-order valence-electron chi connectivity index (χ3n) is 7.01. The second-order valence-corrected chi connectivity index (χ2v) is 8.91. The summed E-state index contributed by atoms with van der Waals surface area (Å²) in [4.78, 5) is 33.8. The van der Waals surface area contributed by atoms with Crippen molar-refractivity contribution in [1.29, 1.82) is 0 Å². The highest BCUT2D eigenvalue weighted by molar-refractivity contribution is 6.00. The smallest absolute Gasteiger partial charge is 0.318 e. The first kappa shape index (κ1) is 19.2. The molecule has 3 amide bonds. The Balaban J connectivity index is 1.36. The van der Waals surface area contributed by atoms with E-state index in [1.165, 1.54) is 10.9 Å². The highest BCUT2D eigenvalue weighted by Crippen LogP contribution is 2.41. The van der Waals surface area contributed by atoms with Crippen LogP contribution in [-0.2, 0) is 17.8 Å². The summed E-state index contributed by atoms with van der Waals surface area (Å²) in [5.74, 6) is 0.505. The Morgan fingerprint density at radius 1 is 1.16 bits per heavy atom. The summed E-state index contributed by atoms with van der Waals surface area (Å²) < 4.78 is 5.37. The quantitative estimate of drug-likeness (QED) is 0.667. The summed E-state index contributed by atoms with van der Waals surface area (Å²) in [5.41, 5.74) is 4.52. The predicted molar refractivity (Wildman–Crippen MR) is 121 cm³/mol. The summed E-state index contributed by atoms with van der Waals surface area (Å²) in [6, 6.07) is 9.61. The van der Waals surface area contributed by atoms with E-state index >= 15 is 0 Å². The number of fused-ring (bicyclic) bond motifs is 2. The normalized spacial score (nSPS) is 22.1. The van der Waals surface area contributed by atoms with E-state index in [0.717, 1.165) is 49.0 Å². The molecule has 0 saturated carbocycles. The number of aromatic nitrogens is 1. The summed E-state index contributed by atoms with van der Waals surface area (Å²) in [6.07, 6.45) is 8.62. The Morgan fingerprint density at radius 3 is 2.84 bits per heavy atom. The molecule has 7 heteroatoms. The minimum absolute atomic E-state index is 0.0943. The number of nitrogens with zero attached hydrogens (tertiary/aromatic N) is 2. The lowest BCUT2D eigenvalue weighted by Crippen LogP contribution is -2.54. The van der Waals surface area contributed by atoms with Gasteiger partial charge in [-0.15, -0.1) is 0 Å². The molecule has 0 unspecified atom stereocenters. The number of H-pyrrole nitrogens is 1. The Labute approximate surface area is 186 Å². The lowest BCUT2D eigenvalue weighted by molar-refractivity contribution is -0.133. The number of furan rings is 1. The van der Waals surface area contributed by atoms with Gasteiger partial charge >= 0.3 is 6.03 Å². The maximum atomic E-state index is 13.3. The Bertz CT molecular complexity index is 1200. The number of benzene rings is 1. The SMILES string of the molecule is O=C([C@@H]1C=C2c3cccc4[nH]cc(c34)C[C@H]2N(C(=O)NCc2ccco2)C1)N1CCCC1. The number of carbonyl (C=O) groups is 2. The van der Waals surface area contributed by atoms with Crippen LogP contribution in [0.15, 0.2) is 53.3 Å². The molecule has 0 spiro atoms. The number of urea groups is 1. The third kappa shape index (κ3) is 3.11. The van der Waals surface area contributed by atoms with Gasteiger partial charge in [0.15, 0.2) is 0 Å². The maximum absolute atomic E-state index is 13.3. The van der Waals surface area contributed by atoms with Gasteiger partial charge in [0, 0.05) is 36.7 Å². The molecule has 3 aliphatic rings. The molecule has 164 valence electrons. The van der Waals surface area contributed by atoms with Crippen LogP contribution in [0.4, 0.5) is 4.79 Å². The molecule has 0 radical (unpaired) electrons. The number of hydrogen-bond donors (Lipinski definition) is 2. The Kier molecular flexibility index (Phi) is 4.56. The maximum Gasteiger partial charge on any atom is 0.318 e. The molecule has 1 aromatic carbocycles. The minimum Gasteiger partial charge on any atom is -0.467 e. The van der Waals surface area contributed by atoms with Gasteiger partial charge in [-0.05, 0) is 54.2 Å². The summed E-state index contributed by atoms with van der Waals surface area (Å²) in [5, 5.41) is 4.20. The predicted octanol–water partition coefficient (Wildman–Crippen LogP) is 3.53. The molecular weight excluding hydrogens is 404 g/mol. The topological polar surface area (TPSA) is 81.6 Å². The van der Waals surface area contributed by atoms with Crippen molar-refractivity contribution >= 4 is 28.4 Å². The second-order valence-electron chi connectivity index (χ2n) is 8.91. The van der Waals surface area contributed by atoms with E-state index in [4.69, 9.17) is 4.42 Å². The molecule has 2 atom stereocenters. The van der Waals surface area contributed by atoms with Gasteiger partial charge in [0.1, 0.15) is 5.76 Å². The molecule has 4 heterocycles. The lowest BCUT2D eigenvalue weighted by atomic mass is 9.79. The third-order valence-corrected chi connectivity index (χ3v) is 7.01. The van der Waals surface area contributed by atoms with E-state index in [9.17, 15) is 9.59 Å². The second kappa shape index (κ2) is 7.58. The zero-order valence-corrected chi connectivity index (χ0v) is 17.8. The summed E-state index contributed by atoms with van der Waals surface area (Å²) in [7, 11) is 0. The van der Waals surface area contributed by atoms with E-state index in [0.29, 0.717) is 18.8 Å². The number of aromatic amines is 1. The number of rotatable bonds is 3. The van der Waals surface area contributed by atoms with Gasteiger partial charge in [-0.25, -0.2) is 4.79 Å². The fourth-order valence-electron chi connectivity index (χ4n) is 5.47. The zero-order chi connectivity index (χ0) is 21.7. The first-order valence-electron chi connectivity index (χ1n) is 11.4. The largest absolute Gasteiger partial charge is 0.467 e. The van der Waals surface area contributed by atoms with E-state index in [1.54, 1.807) is 6.26 Å². The number of hydrogen-bond acceptors (Lipinski definition) is 3. The molecule has 6 rings (SSSR count). The first-order chi connectivity index (χ1) is 15.7. The number of likely N-dealkylation sites (tertiary alicyclic amines) is 1. The van der Waals surface area contributed by atoms with Crippen LogP contribution in [-0.4, -0.2) is 52.4 Å². The molecule has 1 fully saturated rings. The van der Waals surface area contributed by atoms with Gasteiger partial charge in [0.2, 0.25) is 5.91 Å². The van der Waals surface area contributed by atoms with Crippen molar-refractivity contribution in [3.63, 3.8) is 0 Å². The zero-order valence-electron chi connectivity index (χ0n) is 17.8. The van der Waals surface area contributed by atoms with Crippen molar-refractivity contribution in [2.45, 2.75) is 31.8 Å². The van der Waals surface area contributed by atoms with Gasteiger partial charge in [-0.3, -0.25) is 4.79 Å². The van der Waals surface area contributed by atoms with E-state index in [1.807, 2.05) is 34.2 Å². The van der Waals surface area contributed by atoms with Gasteiger partial charge in [0.25, 0.3) is 0 Å². The van der Waals surface area contributed by atoms with Crippen LogP contribution in [0.25, 0.3) is 16.5 Å². The molecule has 0 bridgehead atoms. The van der Waals surface area contributed by atoms with Crippen molar-refractivity contribution < 1.29 is 14.0 Å². The fourth-order valence-corrected chi connectivity index (χ4v) is 5.47. The lowest BCUT2D eigenvalue weighted by Gasteiger charge is -2.42. The molecule has 32 heavy (non-hydrogen) atoms. The van der Waals surface area contributed by atoms with Crippen molar-refractivity contribution in [3.05, 3.63) is 65.8 Å². The molecule has 7 nitrogen and oxygen atoms in total. The van der Waals surface area contributed by atoms with E-state index < -0.39 is 0 Å². The molecule has 2 N–H and O–H groups in total. The van der Waals surface area contributed by atoms with Crippen molar-refractivity contribution in [3.8, 4) is 0 Å². The van der Waals surface area contributed by atoms with Crippen molar-refractivity contribution in [1.82, 2.24) is 20.1 Å². The van der Waals surface area contributed by atoms with Crippen LogP contribution < -0.4 is 5.32 Å². The number of carbonyl (C=O) groups excluding carboxylic acids is 2. The number of amides is 3. The van der Waals surface area contributed by atoms with Crippen LogP contribution in [0.3, 0.4) is 0 Å². The van der Waals surface area contributed by atoms with Crippen LogP contribution in [0.5, 0.6) is 0 Å². The standard InChI is InChI=1S/C25H26N4O3/c30-24(28-8-1-2-9-28)17-11-20-19-6-3-7-21-23(19)16(13-26-21)12-22(20)29(15-17)25(31)27-14-18-5-4-10-32-18/h3-7,10-11,13,17,22,26H,1-2,8-9,12,14-15H2,(H,27,31)/t17-,22-/m1/s1. The highest BCUT2D eigenvalue weighted by atomic mass is 16.3. The van der Waals surface area contributed by atoms with E-state index in [-0.39, 0.29) is 23.9 Å². The van der Waals surface area contributed by atoms with Crippen LogP contribution in [0, 0.1) is 5.92 Å².